The molecule has 0 aliphatic rings. The summed E-state index contributed by atoms with van der Waals surface area (Å²) in [7, 11) is 0. The van der Waals surface area contributed by atoms with E-state index in [-0.39, 0.29) is 46.1 Å². The van der Waals surface area contributed by atoms with Crippen LogP contribution in [0.25, 0.3) is 0 Å². The number of nitriles is 2. The average molecular weight is 344 g/mol. The molecule has 2 N–H and O–H groups in total. The number of Topliss-reactive ketones (excluding diaryl/α,β-unsaturated/α-hetero) is 2. The molecule has 0 aromatic heterocycles. The SMILES string of the molecule is CC(=O)CC#N.CC(=O)CC#N.C[CH-]C.C[CH-]C.[CH2-]CN.[Ti+3]. The van der Waals surface area contributed by atoms with Crippen molar-refractivity contribution in [2.75, 3.05) is 6.54 Å². The van der Waals surface area contributed by atoms with Gasteiger partial charge >= 0.3 is 21.7 Å². The molecule has 0 heterocycles. The Kier molecular flexibility index (Phi) is 85.1. The van der Waals surface area contributed by atoms with E-state index in [1.54, 1.807) is 12.1 Å². The minimum Gasteiger partial charge on any atom is -0.360 e. The summed E-state index contributed by atoms with van der Waals surface area (Å²) in [6.07, 6.45) is 4.08. The van der Waals surface area contributed by atoms with Crippen molar-refractivity contribution >= 4 is 11.6 Å². The molecule has 0 bridgehead atoms. The van der Waals surface area contributed by atoms with E-state index in [0.29, 0.717) is 6.54 Å². The van der Waals surface area contributed by atoms with Crippen molar-refractivity contribution in [1.82, 2.24) is 0 Å². The van der Waals surface area contributed by atoms with Gasteiger partial charge in [0, 0.05) is 0 Å². The number of carbonyl (C=O) groups excluding carboxylic acids is 2. The van der Waals surface area contributed by atoms with E-state index in [1.165, 1.54) is 13.8 Å². The molecule has 0 aromatic carbocycles. The van der Waals surface area contributed by atoms with Gasteiger partial charge in [0.25, 0.3) is 0 Å². The van der Waals surface area contributed by atoms with Gasteiger partial charge in [-0.1, -0.05) is 0 Å². The van der Waals surface area contributed by atoms with Crippen molar-refractivity contribution in [3.8, 4) is 12.1 Å². The molecular weight excluding hydrogens is 314 g/mol. The van der Waals surface area contributed by atoms with E-state index in [2.05, 4.69) is 6.92 Å². The molecule has 0 amide bonds. The van der Waals surface area contributed by atoms with Gasteiger partial charge < -0.3 is 25.5 Å². The van der Waals surface area contributed by atoms with Gasteiger partial charge in [-0.2, -0.15) is 38.2 Å². The van der Waals surface area contributed by atoms with E-state index in [9.17, 15) is 9.59 Å². The van der Waals surface area contributed by atoms with Crippen molar-refractivity contribution in [2.45, 2.75) is 54.4 Å². The van der Waals surface area contributed by atoms with Crippen molar-refractivity contribution in [1.29, 1.82) is 10.5 Å². The Labute approximate surface area is 152 Å². The fourth-order valence-electron chi connectivity index (χ4n) is 0.223. The van der Waals surface area contributed by atoms with Crippen molar-refractivity contribution in [3.63, 3.8) is 0 Å². The molecule has 0 aromatic rings. The molecule has 0 saturated carbocycles. The van der Waals surface area contributed by atoms with Crippen molar-refractivity contribution < 1.29 is 31.3 Å². The molecule has 6 heteroatoms. The summed E-state index contributed by atoms with van der Waals surface area (Å²) in [5.74, 6) is -0.144. The van der Waals surface area contributed by atoms with Crippen LogP contribution in [0.4, 0.5) is 0 Å². The van der Waals surface area contributed by atoms with Gasteiger partial charge in [0.2, 0.25) is 0 Å². The molecule has 125 valence electrons. The predicted molar refractivity (Wildman–Crippen MR) is 87.5 cm³/mol. The molecule has 22 heavy (non-hydrogen) atoms. The third-order valence-corrected chi connectivity index (χ3v) is 0.656. The van der Waals surface area contributed by atoms with Gasteiger partial charge in [-0.25, -0.2) is 0 Å². The fraction of sp³-hybridized carbons (Fsp3) is 0.562. The smallest absolute Gasteiger partial charge is 0.360 e. The normalized spacial score (nSPS) is 6.09. The third kappa shape index (κ3) is 247. The second-order valence-corrected chi connectivity index (χ2v) is 3.52. The zero-order valence-corrected chi connectivity index (χ0v) is 16.3. The molecule has 0 unspecified atom stereocenters. The van der Waals surface area contributed by atoms with E-state index >= 15 is 0 Å². The molecule has 0 aliphatic carbocycles. The number of nitrogens with two attached hydrogens (primary N) is 1. The van der Waals surface area contributed by atoms with Gasteiger partial charge in [-0.3, -0.25) is 9.59 Å². The maximum Gasteiger partial charge on any atom is 3.00 e. The van der Waals surface area contributed by atoms with Crippen LogP contribution in [-0.4, -0.2) is 18.1 Å². The van der Waals surface area contributed by atoms with Crippen LogP contribution in [-0.2, 0) is 31.3 Å². The largest absolute Gasteiger partial charge is 3.00 e. The Morgan fingerprint density at radius 2 is 1.09 bits per heavy atom. The van der Waals surface area contributed by atoms with Gasteiger partial charge in [0.1, 0.15) is 11.6 Å². The van der Waals surface area contributed by atoms with E-state index < -0.39 is 0 Å². The minimum atomic E-state index is -0.0718. The molecule has 0 rings (SSSR count). The van der Waals surface area contributed by atoms with Gasteiger partial charge in [0.15, 0.2) is 0 Å². The Morgan fingerprint density at radius 1 is 0.955 bits per heavy atom. The summed E-state index contributed by atoms with van der Waals surface area (Å²) in [6, 6.07) is 3.44. The summed E-state index contributed by atoms with van der Waals surface area (Å²) >= 11 is 0. The first kappa shape index (κ1) is 37.3. The number of hydrogen-bond acceptors (Lipinski definition) is 5. The van der Waals surface area contributed by atoms with E-state index in [0.717, 1.165) is 0 Å². The second-order valence-electron chi connectivity index (χ2n) is 3.52. The topological polar surface area (TPSA) is 108 Å². The van der Waals surface area contributed by atoms with Gasteiger partial charge in [0.05, 0.1) is 25.0 Å². The van der Waals surface area contributed by atoms with Crippen molar-refractivity contribution in [3.05, 3.63) is 19.8 Å². The summed E-state index contributed by atoms with van der Waals surface area (Å²) in [4.78, 5) is 19.6. The number of rotatable bonds is 2. The fourth-order valence-corrected chi connectivity index (χ4v) is 0.223. The Bertz CT molecular complexity index is 251. The number of carbonyl (C=O) groups is 2. The van der Waals surface area contributed by atoms with Gasteiger partial charge in [-0.05, 0) is 13.8 Å². The zero-order valence-electron chi connectivity index (χ0n) is 14.8. The van der Waals surface area contributed by atoms with E-state index in [4.69, 9.17) is 16.3 Å². The summed E-state index contributed by atoms with van der Waals surface area (Å²) in [6.45, 7) is 14.5. The molecule has 0 fully saturated rings. The number of ketones is 2. The summed E-state index contributed by atoms with van der Waals surface area (Å²) in [5.41, 5.74) is 4.74. The number of nitrogens with zero attached hydrogens (tertiary/aromatic N) is 2. The molecule has 0 aliphatic heterocycles. The van der Waals surface area contributed by atoms with Crippen LogP contribution in [0, 0.1) is 42.4 Å². The third-order valence-electron chi connectivity index (χ3n) is 0.656. The minimum absolute atomic E-state index is 0. The van der Waals surface area contributed by atoms with Crippen LogP contribution in [0.1, 0.15) is 54.4 Å². The van der Waals surface area contributed by atoms with Crippen LogP contribution in [0.5, 0.6) is 0 Å². The van der Waals surface area contributed by atoms with Gasteiger partial charge in [-0.15, -0.1) is 6.54 Å². The second kappa shape index (κ2) is 50.1. The Balaban J connectivity index is -0.0000000376. The van der Waals surface area contributed by atoms with Crippen LogP contribution < -0.4 is 5.73 Å². The number of hydrogen-bond donors (Lipinski definition) is 1. The molecule has 0 saturated heterocycles. The Morgan fingerprint density at radius 3 is 1.09 bits per heavy atom. The molecular formula is C16H30N3O2Ti. The summed E-state index contributed by atoms with van der Waals surface area (Å²) < 4.78 is 0. The molecule has 0 spiro atoms. The van der Waals surface area contributed by atoms with E-state index in [1.807, 2.05) is 40.5 Å². The zero-order chi connectivity index (χ0) is 18.1. The molecule has 1 radical (unpaired) electrons. The average Bonchev–Trinajstić information content (AvgIpc) is 2.32. The first-order chi connectivity index (χ1) is 9.78. The first-order valence-corrected chi connectivity index (χ1v) is 6.49. The van der Waals surface area contributed by atoms with Crippen LogP contribution >= 0.6 is 0 Å². The summed E-state index contributed by atoms with van der Waals surface area (Å²) in [5, 5.41) is 15.5. The quantitative estimate of drug-likeness (QED) is 0.611. The maximum absolute atomic E-state index is 9.82. The standard InChI is InChI=1S/2C4H5NO.2C3H7.C2H6N.Ti/c2*1-4(6)2-3-5;2*1-3-2;1-2-3;/h2*2H2,1H3;2*3H,1-2H3;1-3H2;/q;;3*-1;+3. The Hall–Kier alpha value is -1.01. The first-order valence-electron chi connectivity index (χ1n) is 6.49. The van der Waals surface area contributed by atoms with Crippen molar-refractivity contribution in [2.24, 2.45) is 5.73 Å². The maximum atomic E-state index is 9.82. The van der Waals surface area contributed by atoms with Crippen LogP contribution in [0.3, 0.4) is 0 Å². The monoisotopic (exact) mass is 344 g/mol. The molecule has 5 nitrogen and oxygen atoms in total. The molecule has 0 atom stereocenters. The van der Waals surface area contributed by atoms with Crippen LogP contribution in [0.15, 0.2) is 0 Å². The van der Waals surface area contributed by atoms with Crippen LogP contribution in [0.2, 0.25) is 0 Å². The predicted octanol–water partition coefficient (Wildman–Crippen LogP) is 3.22.